The molecule has 0 bridgehead atoms. The molecule has 1 N–H and O–H groups in total. The van der Waals surface area contributed by atoms with Crippen LogP contribution in [0.15, 0.2) is 54.1 Å². The molecule has 1 fully saturated rings. The normalized spacial score (nSPS) is 17.9. The van der Waals surface area contributed by atoms with Gasteiger partial charge in [0.2, 0.25) is 0 Å². The number of carbonyl (C=O) groups excluding carboxylic acids is 2. The number of aryl methyl sites for hydroxylation is 2. The molecule has 7 heteroatoms. The predicted octanol–water partition coefficient (Wildman–Crippen LogP) is 5.69. The third-order valence-corrected chi connectivity index (χ3v) is 7.20. The van der Waals surface area contributed by atoms with Crippen molar-refractivity contribution in [2.45, 2.75) is 46.1 Å². The fraction of sp³-hybridized carbons (Fsp3) is 0.296. The summed E-state index contributed by atoms with van der Waals surface area (Å²) < 4.78 is 5.20. The van der Waals surface area contributed by atoms with Crippen LogP contribution >= 0.6 is 11.3 Å². The fourth-order valence-corrected chi connectivity index (χ4v) is 4.91. The van der Waals surface area contributed by atoms with Crippen LogP contribution in [0.3, 0.4) is 0 Å². The molecule has 1 unspecified atom stereocenters. The number of benzene rings is 2. The van der Waals surface area contributed by atoms with Crippen LogP contribution in [0.25, 0.3) is 5.76 Å². The minimum absolute atomic E-state index is 0.0455. The number of aliphatic hydroxyl groups is 1. The standard InChI is InChI=1S/C27H28N2O4S/c1-15-16(2)34-26(28-15)29-22(17-7-11-19(12-8-17)27(3,4)5)21(24(31)25(29)32)23(30)18-9-13-20(33-6)14-10-18/h7-14,22,30H,1-6H3/b23-21+. The van der Waals surface area contributed by atoms with Crippen LogP contribution in [0.1, 0.15) is 54.1 Å². The van der Waals surface area contributed by atoms with Gasteiger partial charge in [-0.3, -0.25) is 14.5 Å². The number of amides is 1. The average molecular weight is 477 g/mol. The van der Waals surface area contributed by atoms with E-state index in [0.717, 1.165) is 21.7 Å². The van der Waals surface area contributed by atoms with Gasteiger partial charge in [0.05, 0.1) is 24.4 Å². The molecule has 2 aromatic carbocycles. The van der Waals surface area contributed by atoms with Gasteiger partial charge in [-0.15, -0.1) is 11.3 Å². The molecule has 1 aromatic heterocycles. The summed E-state index contributed by atoms with van der Waals surface area (Å²) in [5.74, 6) is -1.03. The van der Waals surface area contributed by atoms with Crippen molar-refractivity contribution in [3.05, 3.63) is 81.4 Å². The summed E-state index contributed by atoms with van der Waals surface area (Å²) in [5, 5.41) is 11.7. The number of aliphatic hydroxyl groups excluding tert-OH is 1. The molecular formula is C27H28N2O4S. The number of nitrogens with zero attached hydrogens (tertiary/aromatic N) is 2. The van der Waals surface area contributed by atoms with Crippen molar-refractivity contribution in [1.29, 1.82) is 0 Å². The van der Waals surface area contributed by atoms with Crippen molar-refractivity contribution in [2.24, 2.45) is 0 Å². The highest BCUT2D eigenvalue weighted by molar-refractivity contribution is 7.16. The quantitative estimate of drug-likeness (QED) is 0.297. The monoisotopic (exact) mass is 476 g/mol. The Morgan fingerprint density at radius 2 is 1.65 bits per heavy atom. The van der Waals surface area contributed by atoms with E-state index in [0.29, 0.717) is 16.4 Å². The minimum Gasteiger partial charge on any atom is -0.507 e. The predicted molar refractivity (Wildman–Crippen MR) is 135 cm³/mol. The fourth-order valence-electron chi connectivity index (χ4n) is 3.97. The molecule has 0 saturated carbocycles. The maximum atomic E-state index is 13.3. The van der Waals surface area contributed by atoms with Crippen molar-refractivity contribution in [3.63, 3.8) is 0 Å². The van der Waals surface area contributed by atoms with E-state index in [4.69, 9.17) is 4.74 Å². The van der Waals surface area contributed by atoms with Crippen molar-refractivity contribution in [1.82, 2.24) is 4.98 Å². The van der Waals surface area contributed by atoms with Gasteiger partial charge < -0.3 is 9.84 Å². The number of rotatable bonds is 4. The molecule has 1 aliphatic rings. The van der Waals surface area contributed by atoms with Gasteiger partial charge in [-0.25, -0.2) is 4.98 Å². The van der Waals surface area contributed by atoms with Gasteiger partial charge in [0.25, 0.3) is 5.78 Å². The van der Waals surface area contributed by atoms with Crippen LogP contribution in [0, 0.1) is 13.8 Å². The molecule has 2 heterocycles. The second-order valence-electron chi connectivity index (χ2n) is 9.41. The largest absolute Gasteiger partial charge is 0.507 e. The van der Waals surface area contributed by atoms with E-state index in [2.05, 4.69) is 25.8 Å². The zero-order valence-electron chi connectivity index (χ0n) is 20.2. The Balaban J connectivity index is 1.91. The zero-order valence-corrected chi connectivity index (χ0v) is 21.0. The smallest absolute Gasteiger partial charge is 0.301 e. The number of ether oxygens (including phenoxy) is 1. The van der Waals surface area contributed by atoms with Gasteiger partial charge in [0, 0.05) is 10.4 Å². The molecule has 4 rings (SSSR count). The van der Waals surface area contributed by atoms with E-state index in [1.165, 1.54) is 16.2 Å². The van der Waals surface area contributed by atoms with Crippen molar-refractivity contribution in [2.75, 3.05) is 12.0 Å². The third kappa shape index (κ3) is 4.12. The Morgan fingerprint density at radius 3 is 2.15 bits per heavy atom. The molecule has 34 heavy (non-hydrogen) atoms. The number of ketones is 1. The number of methoxy groups -OCH3 is 1. The summed E-state index contributed by atoms with van der Waals surface area (Å²) in [6.45, 7) is 10.2. The molecule has 0 spiro atoms. The summed E-state index contributed by atoms with van der Waals surface area (Å²) >= 11 is 1.36. The van der Waals surface area contributed by atoms with E-state index in [1.807, 2.05) is 38.1 Å². The Labute approximate surface area is 203 Å². The van der Waals surface area contributed by atoms with Crippen molar-refractivity contribution < 1.29 is 19.4 Å². The Morgan fingerprint density at radius 1 is 1.03 bits per heavy atom. The van der Waals surface area contributed by atoms with Gasteiger partial charge in [-0.1, -0.05) is 45.0 Å². The topological polar surface area (TPSA) is 79.7 Å². The molecular weight excluding hydrogens is 448 g/mol. The number of anilines is 1. The van der Waals surface area contributed by atoms with Crippen LogP contribution < -0.4 is 9.64 Å². The second-order valence-corrected chi connectivity index (χ2v) is 10.6. The van der Waals surface area contributed by atoms with Gasteiger partial charge in [-0.2, -0.15) is 0 Å². The summed E-state index contributed by atoms with van der Waals surface area (Å²) in [5.41, 5.74) is 3.09. The van der Waals surface area contributed by atoms with E-state index < -0.39 is 17.7 Å². The molecule has 176 valence electrons. The summed E-state index contributed by atoms with van der Waals surface area (Å²) in [4.78, 5) is 33.5. The molecule has 3 aromatic rings. The Hall–Kier alpha value is -3.45. The van der Waals surface area contributed by atoms with Crippen molar-refractivity contribution >= 4 is 33.9 Å². The minimum atomic E-state index is -0.791. The van der Waals surface area contributed by atoms with E-state index in [1.54, 1.807) is 31.4 Å². The first kappa shape index (κ1) is 23.7. The highest BCUT2D eigenvalue weighted by Crippen LogP contribution is 2.44. The van der Waals surface area contributed by atoms with Crippen LogP contribution in [0.5, 0.6) is 5.75 Å². The second kappa shape index (κ2) is 8.72. The van der Waals surface area contributed by atoms with Crippen LogP contribution in [-0.4, -0.2) is 28.9 Å². The van der Waals surface area contributed by atoms with Crippen LogP contribution in [0.4, 0.5) is 5.13 Å². The number of hydrogen-bond donors (Lipinski definition) is 1. The number of aromatic nitrogens is 1. The van der Waals surface area contributed by atoms with E-state index in [-0.39, 0.29) is 16.7 Å². The Kier molecular flexibility index (Phi) is 6.08. The summed E-state index contributed by atoms with van der Waals surface area (Å²) in [7, 11) is 1.56. The zero-order chi connectivity index (χ0) is 24.8. The number of thiazole rings is 1. The molecule has 1 aliphatic heterocycles. The molecule has 1 amide bonds. The third-order valence-electron chi connectivity index (χ3n) is 6.12. The van der Waals surface area contributed by atoms with E-state index in [9.17, 15) is 14.7 Å². The SMILES string of the molecule is COc1ccc(/C(O)=C2\C(=O)C(=O)N(c3nc(C)c(C)s3)C2c2ccc(C(C)(C)C)cc2)cc1. The molecule has 1 saturated heterocycles. The van der Waals surface area contributed by atoms with Gasteiger partial charge in [-0.05, 0) is 54.7 Å². The average Bonchev–Trinajstić information content (AvgIpc) is 3.28. The molecule has 6 nitrogen and oxygen atoms in total. The summed E-state index contributed by atoms with van der Waals surface area (Å²) in [6.07, 6.45) is 0. The number of hydrogen-bond acceptors (Lipinski definition) is 6. The molecule has 0 radical (unpaired) electrons. The highest BCUT2D eigenvalue weighted by Gasteiger charge is 2.48. The van der Waals surface area contributed by atoms with Crippen LogP contribution in [-0.2, 0) is 15.0 Å². The highest BCUT2D eigenvalue weighted by atomic mass is 32.1. The molecule has 0 aliphatic carbocycles. The van der Waals surface area contributed by atoms with E-state index >= 15 is 0 Å². The first-order valence-electron chi connectivity index (χ1n) is 11.0. The maximum Gasteiger partial charge on any atom is 0.301 e. The lowest BCUT2D eigenvalue weighted by atomic mass is 9.85. The van der Waals surface area contributed by atoms with Gasteiger partial charge in [0.15, 0.2) is 5.13 Å². The van der Waals surface area contributed by atoms with Crippen molar-refractivity contribution in [3.8, 4) is 5.75 Å². The Bertz CT molecular complexity index is 1260. The lowest BCUT2D eigenvalue weighted by Gasteiger charge is -2.24. The van der Waals surface area contributed by atoms with Gasteiger partial charge >= 0.3 is 5.91 Å². The van der Waals surface area contributed by atoms with Crippen LogP contribution in [0.2, 0.25) is 0 Å². The summed E-state index contributed by atoms with van der Waals surface area (Å²) in [6, 6.07) is 13.8. The first-order chi connectivity index (χ1) is 16.0. The lowest BCUT2D eigenvalue weighted by molar-refractivity contribution is -0.132. The first-order valence-corrected chi connectivity index (χ1v) is 11.8. The van der Waals surface area contributed by atoms with Gasteiger partial charge in [0.1, 0.15) is 11.5 Å². The lowest BCUT2D eigenvalue weighted by Crippen LogP contribution is -2.29. The number of Topliss-reactive ketones (excluding diaryl/α,β-unsaturated/α-hetero) is 1. The maximum absolute atomic E-state index is 13.3. The molecule has 1 atom stereocenters. The number of carbonyl (C=O) groups is 2.